The van der Waals surface area contributed by atoms with Crippen molar-refractivity contribution >= 4 is 0 Å². The number of ether oxygens (including phenoxy) is 1. The van der Waals surface area contributed by atoms with Crippen LogP contribution in [0.5, 0.6) is 5.75 Å². The molecule has 2 aromatic heterocycles. The molecule has 0 spiro atoms. The molecule has 0 saturated carbocycles. The third kappa shape index (κ3) is 3.56. The summed E-state index contributed by atoms with van der Waals surface area (Å²) in [6, 6.07) is 8.21. The topological polar surface area (TPSA) is 67.3 Å². The van der Waals surface area contributed by atoms with Crippen molar-refractivity contribution in [1.29, 1.82) is 0 Å². The fourth-order valence-corrected chi connectivity index (χ4v) is 2.22. The maximum absolute atomic E-state index is 9.00. The number of nitrogens with zero attached hydrogens (tertiary/aromatic N) is 2. The molecule has 1 fully saturated rings. The number of aliphatic hydroxyl groups is 1. The first-order valence-electron chi connectivity index (χ1n) is 7.23. The Kier molecular flexibility index (Phi) is 4.43. The van der Waals surface area contributed by atoms with E-state index in [0.29, 0.717) is 19.1 Å². The van der Waals surface area contributed by atoms with E-state index in [-0.39, 0.29) is 6.61 Å². The molecule has 0 amide bonds. The van der Waals surface area contributed by atoms with Crippen LogP contribution in [0.3, 0.4) is 0 Å². The number of rotatable bonds is 6. The van der Waals surface area contributed by atoms with Gasteiger partial charge in [0.15, 0.2) is 0 Å². The van der Waals surface area contributed by atoms with Crippen molar-refractivity contribution in [2.75, 3.05) is 19.8 Å². The molecule has 3 heterocycles. The first-order chi connectivity index (χ1) is 10.3. The van der Waals surface area contributed by atoms with Gasteiger partial charge >= 0.3 is 0 Å². The van der Waals surface area contributed by atoms with Crippen LogP contribution in [0.25, 0.3) is 11.3 Å². The zero-order valence-corrected chi connectivity index (χ0v) is 11.8. The number of hydrogen-bond donors (Lipinski definition) is 2. The second-order valence-corrected chi connectivity index (χ2v) is 5.15. The second-order valence-electron chi connectivity index (χ2n) is 5.15. The lowest BCUT2D eigenvalue weighted by Gasteiger charge is -2.27. The van der Waals surface area contributed by atoms with Crippen molar-refractivity contribution < 1.29 is 9.84 Å². The van der Waals surface area contributed by atoms with Gasteiger partial charge in [-0.25, -0.2) is 0 Å². The van der Waals surface area contributed by atoms with Crippen molar-refractivity contribution in [2.24, 2.45) is 0 Å². The minimum absolute atomic E-state index is 0.103. The van der Waals surface area contributed by atoms with Crippen molar-refractivity contribution in [3.63, 3.8) is 0 Å². The monoisotopic (exact) mass is 285 g/mol. The third-order valence-corrected chi connectivity index (χ3v) is 3.56. The molecular formula is C16H19N3O2. The van der Waals surface area contributed by atoms with Crippen molar-refractivity contribution in [2.45, 2.75) is 18.9 Å². The Morgan fingerprint density at radius 3 is 3.00 bits per heavy atom. The molecule has 0 unspecified atom stereocenters. The van der Waals surface area contributed by atoms with Gasteiger partial charge < -0.3 is 15.2 Å². The summed E-state index contributed by atoms with van der Waals surface area (Å²) in [4.78, 5) is 8.75. The molecule has 0 bridgehead atoms. The SMILES string of the molecule is OCCc1cccc(-c2cncc(OC[C@@H]3CCN3)c2)n1. The average Bonchev–Trinajstić information content (AvgIpc) is 2.47. The van der Waals surface area contributed by atoms with Gasteiger partial charge in [-0.3, -0.25) is 9.97 Å². The lowest BCUT2D eigenvalue weighted by Crippen LogP contribution is -2.46. The highest BCUT2D eigenvalue weighted by Gasteiger charge is 2.16. The largest absolute Gasteiger partial charge is 0.490 e. The summed E-state index contributed by atoms with van der Waals surface area (Å²) in [6.45, 7) is 1.85. The third-order valence-electron chi connectivity index (χ3n) is 3.56. The normalized spacial score (nSPS) is 17.3. The van der Waals surface area contributed by atoms with E-state index in [9.17, 15) is 0 Å². The zero-order valence-electron chi connectivity index (χ0n) is 11.8. The standard InChI is InChI=1S/C16H19N3O2/c20-7-5-13-2-1-3-16(19-13)12-8-15(10-17-9-12)21-11-14-4-6-18-14/h1-3,8-10,14,18,20H,4-7,11H2/t14-/m0/s1. The molecule has 0 aliphatic carbocycles. The van der Waals surface area contributed by atoms with Gasteiger partial charge in [-0.2, -0.15) is 0 Å². The van der Waals surface area contributed by atoms with E-state index in [4.69, 9.17) is 9.84 Å². The Labute approximate surface area is 124 Å². The molecule has 2 aromatic rings. The van der Waals surface area contributed by atoms with E-state index in [2.05, 4.69) is 15.3 Å². The molecule has 5 nitrogen and oxygen atoms in total. The van der Waals surface area contributed by atoms with Crippen LogP contribution in [0.2, 0.25) is 0 Å². The molecular weight excluding hydrogens is 266 g/mol. The maximum atomic E-state index is 9.00. The summed E-state index contributed by atoms with van der Waals surface area (Å²) in [5.74, 6) is 0.760. The van der Waals surface area contributed by atoms with Gasteiger partial charge in [0.25, 0.3) is 0 Å². The van der Waals surface area contributed by atoms with Gasteiger partial charge in [-0.1, -0.05) is 6.07 Å². The van der Waals surface area contributed by atoms with Gasteiger partial charge in [-0.05, 0) is 31.2 Å². The number of pyridine rings is 2. The van der Waals surface area contributed by atoms with Crippen LogP contribution in [0.4, 0.5) is 0 Å². The van der Waals surface area contributed by atoms with Crippen LogP contribution in [0.15, 0.2) is 36.7 Å². The Hall–Kier alpha value is -1.98. The van der Waals surface area contributed by atoms with E-state index in [1.165, 1.54) is 0 Å². The number of hydrogen-bond acceptors (Lipinski definition) is 5. The van der Waals surface area contributed by atoms with Gasteiger partial charge in [0.05, 0.1) is 11.9 Å². The Bertz CT molecular complexity index is 600. The van der Waals surface area contributed by atoms with Crippen LogP contribution < -0.4 is 10.1 Å². The van der Waals surface area contributed by atoms with Crippen LogP contribution in [-0.4, -0.2) is 40.9 Å². The number of aliphatic hydroxyl groups excluding tert-OH is 1. The minimum Gasteiger partial charge on any atom is -0.490 e. The number of nitrogens with one attached hydrogen (secondary N) is 1. The average molecular weight is 285 g/mol. The molecule has 1 aliphatic rings. The predicted octanol–water partition coefficient (Wildman–Crippen LogP) is 1.42. The van der Waals surface area contributed by atoms with Crippen LogP contribution in [-0.2, 0) is 6.42 Å². The molecule has 0 aromatic carbocycles. The summed E-state index contributed by atoms with van der Waals surface area (Å²) in [6.07, 6.45) is 5.22. The molecule has 1 atom stereocenters. The minimum atomic E-state index is 0.103. The molecule has 2 N–H and O–H groups in total. The fraction of sp³-hybridized carbons (Fsp3) is 0.375. The highest BCUT2D eigenvalue weighted by molar-refractivity contribution is 5.59. The molecule has 3 rings (SSSR count). The fourth-order valence-electron chi connectivity index (χ4n) is 2.22. The van der Waals surface area contributed by atoms with E-state index in [0.717, 1.165) is 35.7 Å². The van der Waals surface area contributed by atoms with Crippen molar-refractivity contribution in [3.8, 4) is 17.0 Å². The lowest BCUT2D eigenvalue weighted by atomic mass is 10.1. The van der Waals surface area contributed by atoms with E-state index in [1.54, 1.807) is 12.4 Å². The Morgan fingerprint density at radius 2 is 2.24 bits per heavy atom. The highest BCUT2D eigenvalue weighted by atomic mass is 16.5. The van der Waals surface area contributed by atoms with Gasteiger partial charge in [0.2, 0.25) is 0 Å². The maximum Gasteiger partial charge on any atom is 0.138 e. The summed E-state index contributed by atoms with van der Waals surface area (Å²) in [5, 5.41) is 12.3. The van der Waals surface area contributed by atoms with Gasteiger partial charge in [0, 0.05) is 36.5 Å². The summed E-state index contributed by atoms with van der Waals surface area (Å²) in [5.41, 5.74) is 2.65. The highest BCUT2D eigenvalue weighted by Crippen LogP contribution is 2.21. The van der Waals surface area contributed by atoms with Crippen LogP contribution in [0, 0.1) is 0 Å². The van der Waals surface area contributed by atoms with Crippen LogP contribution >= 0.6 is 0 Å². The first-order valence-corrected chi connectivity index (χ1v) is 7.23. The molecule has 0 radical (unpaired) electrons. The van der Waals surface area contributed by atoms with Gasteiger partial charge in [-0.15, -0.1) is 0 Å². The smallest absolute Gasteiger partial charge is 0.138 e. The Morgan fingerprint density at radius 1 is 1.33 bits per heavy atom. The summed E-state index contributed by atoms with van der Waals surface area (Å²) < 4.78 is 5.76. The molecule has 21 heavy (non-hydrogen) atoms. The van der Waals surface area contributed by atoms with E-state index < -0.39 is 0 Å². The lowest BCUT2D eigenvalue weighted by molar-refractivity contribution is 0.217. The molecule has 1 saturated heterocycles. The Balaban J connectivity index is 1.73. The summed E-state index contributed by atoms with van der Waals surface area (Å²) in [7, 11) is 0. The molecule has 1 aliphatic heterocycles. The molecule has 5 heteroatoms. The zero-order chi connectivity index (χ0) is 14.5. The van der Waals surface area contributed by atoms with Crippen molar-refractivity contribution in [1.82, 2.24) is 15.3 Å². The quantitative estimate of drug-likeness (QED) is 0.840. The predicted molar refractivity (Wildman–Crippen MR) is 80.2 cm³/mol. The summed E-state index contributed by atoms with van der Waals surface area (Å²) >= 11 is 0. The molecule has 110 valence electrons. The van der Waals surface area contributed by atoms with Crippen molar-refractivity contribution in [3.05, 3.63) is 42.4 Å². The number of aromatic nitrogens is 2. The second kappa shape index (κ2) is 6.65. The van der Waals surface area contributed by atoms with E-state index in [1.807, 2.05) is 24.3 Å². The van der Waals surface area contributed by atoms with E-state index >= 15 is 0 Å². The van der Waals surface area contributed by atoms with Gasteiger partial charge in [0.1, 0.15) is 12.4 Å². The first kappa shape index (κ1) is 14.0. The van der Waals surface area contributed by atoms with Crippen LogP contribution in [0.1, 0.15) is 12.1 Å².